The molecule has 0 aromatic carbocycles. The first-order chi connectivity index (χ1) is 12.8. The molecule has 1 N–H and O–H groups in total. The normalized spacial score (nSPS) is 52.9. The predicted molar refractivity (Wildman–Crippen MR) is 108 cm³/mol. The van der Waals surface area contributed by atoms with E-state index in [9.17, 15) is 9.90 Å². The van der Waals surface area contributed by atoms with Crippen molar-refractivity contribution in [3.63, 3.8) is 0 Å². The average molecular weight is 371 g/mol. The van der Waals surface area contributed by atoms with E-state index in [4.69, 9.17) is 0 Å². The second kappa shape index (κ2) is 5.94. The van der Waals surface area contributed by atoms with Crippen molar-refractivity contribution in [1.29, 1.82) is 0 Å². The van der Waals surface area contributed by atoms with Gasteiger partial charge in [0.25, 0.3) is 0 Å². The van der Waals surface area contributed by atoms with Gasteiger partial charge in [-0.25, -0.2) is 0 Å². The maximum absolute atomic E-state index is 12.0. The molecule has 0 unspecified atom stereocenters. The van der Waals surface area contributed by atoms with Crippen molar-refractivity contribution in [2.45, 2.75) is 97.5 Å². The molecule has 5 aliphatic carbocycles. The maximum Gasteiger partial charge on any atom is 0.155 e. The third-order valence-corrected chi connectivity index (χ3v) is 10.8. The lowest BCUT2D eigenvalue weighted by Crippen LogP contribution is -2.56. The van der Waals surface area contributed by atoms with E-state index in [1.165, 1.54) is 56.9 Å². The Morgan fingerprint density at radius 3 is 2.63 bits per heavy atom. The van der Waals surface area contributed by atoms with Crippen molar-refractivity contribution >= 4 is 5.78 Å². The Bertz CT molecular complexity index is 678. The van der Waals surface area contributed by atoms with Gasteiger partial charge in [0.05, 0.1) is 6.10 Å². The van der Waals surface area contributed by atoms with E-state index in [0.29, 0.717) is 11.2 Å². The highest BCUT2D eigenvalue weighted by Crippen LogP contribution is 2.74. The number of rotatable bonds is 1. The van der Waals surface area contributed by atoms with Gasteiger partial charge in [-0.2, -0.15) is 0 Å². The van der Waals surface area contributed by atoms with Crippen molar-refractivity contribution in [1.82, 2.24) is 0 Å². The minimum absolute atomic E-state index is 0.167. The molecule has 5 aliphatic rings. The van der Waals surface area contributed by atoms with Gasteiger partial charge >= 0.3 is 0 Å². The van der Waals surface area contributed by atoms with E-state index in [1.807, 2.05) is 6.08 Å². The zero-order chi connectivity index (χ0) is 19.0. The number of aliphatic hydroxyl groups excluding tert-OH is 1. The third-order valence-electron chi connectivity index (χ3n) is 10.8. The molecule has 0 aliphatic heterocycles. The number of carbonyl (C=O) groups is 1. The van der Waals surface area contributed by atoms with Gasteiger partial charge in [0.15, 0.2) is 5.78 Å². The molecule has 5 rings (SSSR count). The Morgan fingerprint density at radius 1 is 1.04 bits per heavy atom. The fraction of sp³-hybridized carbons (Fsp3) is 0.880. The van der Waals surface area contributed by atoms with Gasteiger partial charge in [-0.3, -0.25) is 4.79 Å². The summed E-state index contributed by atoms with van der Waals surface area (Å²) in [5, 5.41) is 11.1. The molecule has 2 nitrogen and oxygen atoms in total. The lowest BCUT2D eigenvalue weighted by Gasteiger charge is -2.61. The Kier molecular flexibility index (Phi) is 4.05. The summed E-state index contributed by atoms with van der Waals surface area (Å²) in [6, 6.07) is 0. The summed E-state index contributed by atoms with van der Waals surface area (Å²) in [7, 11) is 0. The van der Waals surface area contributed by atoms with Crippen LogP contribution in [0, 0.1) is 39.9 Å². The fourth-order valence-electron chi connectivity index (χ4n) is 9.58. The molecule has 4 saturated carbocycles. The third kappa shape index (κ3) is 2.20. The lowest BCUT2D eigenvalue weighted by atomic mass is 9.43. The van der Waals surface area contributed by atoms with E-state index in [-0.39, 0.29) is 16.9 Å². The van der Waals surface area contributed by atoms with E-state index in [1.54, 1.807) is 0 Å². The van der Waals surface area contributed by atoms with Crippen molar-refractivity contribution in [2.24, 2.45) is 39.9 Å². The molecule has 27 heavy (non-hydrogen) atoms. The highest BCUT2D eigenvalue weighted by molar-refractivity contribution is 5.91. The van der Waals surface area contributed by atoms with Crippen LogP contribution in [0.2, 0.25) is 0 Å². The second-order valence-electron chi connectivity index (χ2n) is 11.3. The number of allylic oxidation sites excluding steroid dienone is 1. The van der Waals surface area contributed by atoms with Crippen LogP contribution in [0.4, 0.5) is 0 Å². The van der Waals surface area contributed by atoms with Crippen LogP contribution in [0.5, 0.6) is 0 Å². The largest absolute Gasteiger partial charge is 0.393 e. The van der Waals surface area contributed by atoms with E-state index < -0.39 is 0 Å². The quantitative estimate of drug-likeness (QED) is 0.644. The molecule has 0 amide bonds. The maximum atomic E-state index is 12.0. The number of aliphatic hydroxyl groups is 1. The topological polar surface area (TPSA) is 37.3 Å². The fourth-order valence-corrected chi connectivity index (χ4v) is 9.58. The number of hydrogen-bond donors (Lipinski definition) is 1. The number of carbonyl (C=O) groups excluding carboxylic acids is 1. The summed E-state index contributed by atoms with van der Waals surface area (Å²) in [5.41, 5.74) is 2.23. The molecule has 0 aromatic rings. The summed E-state index contributed by atoms with van der Waals surface area (Å²) < 4.78 is 0. The van der Waals surface area contributed by atoms with Gasteiger partial charge in [0, 0.05) is 11.8 Å². The minimum atomic E-state index is -0.170. The molecule has 0 bridgehead atoms. The molecular weight excluding hydrogens is 332 g/mol. The summed E-state index contributed by atoms with van der Waals surface area (Å²) in [5.74, 6) is 3.44. The molecule has 4 fully saturated rings. The smallest absolute Gasteiger partial charge is 0.155 e. The summed E-state index contributed by atoms with van der Waals surface area (Å²) in [6.07, 6.45) is 15.3. The average Bonchev–Trinajstić information content (AvgIpc) is 2.92. The van der Waals surface area contributed by atoms with E-state index in [2.05, 4.69) is 20.8 Å². The van der Waals surface area contributed by atoms with Crippen LogP contribution in [0.25, 0.3) is 0 Å². The Labute approximate surface area is 165 Å². The van der Waals surface area contributed by atoms with E-state index in [0.717, 1.165) is 42.9 Å². The van der Waals surface area contributed by atoms with Gasteiger partial charge in [-0.1, -0.05) is 32.3 Å². The Balaban J connectivity index is 1.53. The SMILES string of the molecule is C[C@@H](O)[C@@]12CCCC[C@@H]1C[C@H]1[C@@H]3CCC4=CC(=O)CC[C@]4(C)[C@H]3CC[C@@]12C. The van der Waals surface area contributed by atoms with Crippen LogP contribution in [0.1, 0.15) is 91.4 Å². The minimum Gasteiger partial charge on any atom is -0.393 e. The van der Waals surface area contributed by atoms with Gasteiger partial charge in [-0.15, -0.1) is 0 Å². The Hall–Kier alpha value is -0.630. The Morgan fingerprint density at radius 2 is 1.85 bits per heavy atom. The first kappa shape index (κ1) is 18.4. The highest BCUT2D eigenvalue weighted by atomic mass is 16.3. The van der Waals surface area contributed by atoms with Crippen LogP contribution in [-0.4, -0.2) is 17.0 Å². The first-order valence-electron chi connectivity index (χ1n) is 11.7. The van der Waals surface area contributed by atoms with Gasteiger partial charge in [0.2, 0.25) is 0 Å². The summed E-state index contributed by atoms with van der Waals surface area (Å²) in [4.78, 5) is 12.0. The number of hydrogen-bond acceptors (Lipinski definition) is 2. The van der Waals surface area contributed by atoms with Crippen molar-refractivity contribution in [3.05, 3.63) is 11.6 Å². The zero-order valence-electron chi connectivity index (χ0n) is 17.6. The van der Waals surface area contributed by atoms with Crippen LogP contribution >= 0.6 is 0 Å². The molecule has 0 spiro atoms. The molecule has 150 valence electrons. The second-order valence-corrected chi connectivity index (χ2v) is 11.3. The summed E-state index contributed by atoms with van der Waals surface area (Å²) >= 11 is 0. The highest BCUT2D eigenvalue weighted by Gasteiger charge is 2.68. The first-order valence-corrected chi connectivity index (χ1v) is 11.7. The van der Waals surface area contributed by atoms with Gasteiger partial charge in [-0.05, 0) is 98.9 Å². The molecule has 0 saturated heterocycles. The number of fused-ring (bicyclic) bond motifs is 7. The standard InChI is InChI=1S/C25H38O2/c1-16(26)25-11-5-4-6-18(25)15-22-20-8-7-17-14-19(27)9-12-23(17,2)21(20)10-13-24(22,25)3/h14,16,18,20-22,26H,4-13,15H2,1-3H3/t16-,18-,20-,21+,22+,23+,24+,25+/m1/s1. The van der Waals surface area contributed by atoms with Crippen molar-refractivity contribution in [2.75, 3.05) is 0 Å². The molecule has 2 heteroatoms. The van der Waals surface area contributed by atoms with Crippen LogP contribution in [-0.2, 0) is 4.79 Å². The molecule has 8 atom stereocenters. The molecule has 0 heterocycles. The van der Waals surface area contributed by atoms with E-state index >= 15 is 0 Å². The monoisotopic (exact) mass is 370 g/mol. The number of ketones is 1. The van der Waals surface area contributed by atoms with Crippen molar-refractivity contribution < 1.29 is 9.90 Å². The van der Waals surface area contributed by atoms with Crippen LogP contribution in [0.15, 0.2) is 11.6 Å². The molecule has 0 aromatic heterocycles. The zero-order valence-corrected chi connectivity index (χ0v) is 17.6. The molecule has 0 radical (unpaired) electrons. The molecular formula is C25H38O2. The lowest BCUT2D eigenvalue weighted by molar-refractivity contribution is -0.142. The van der Waals surface area contributed by atoms with Crippen LogP contribution in [0.3, 0.4) is 0 Å². The predicted octanol–water partition coefficient (Wildman–Crippen LogP) is 5.69. The van der Waals surface area contributed by atoms with Gasteiger partial charge in [0.1, 0.15) is 0 Å². The van der Waals surface area contributed by atoms with Crippen molar-refractivity contribution in [3.8, 4) is 0 Å². The van der Waals surface area contributed by atoms with Gasteiger partial charge < -0.3 is 5.11 Å². The summed E-state index contributed by atoms with van der Waals surface area (Å²) in [6.45, 7) is 7.16. The van der Waals surface area contributed by atoms with Crippen LogP contribution < -0.4 is 0 Å².